The topological polar surface area (TPSA) is 129 Å². The molecule has 0 aliphatic heterocycles. The summed E-state index contributed by atoms with van der Waals surface area (Å²) in [7, 11) is -1.43. The van der Waals surface area contributed by atoms with Crippen LogP contribution in [0.25, 0.3) is 11.5 Å². The third kappa shape index (κ3) is 7.27. The van der Waals surface area contributed by atoms with Gasteiger partial charge >= 0.3 is 11.9 Å². The summed E-state index contributed by atoms with van der Waals surface area (Å²) < 4.78 is 16.3. The summed E-state index contributed by atoms with van der Waals surface area (Å²) in [5.41, 5.74) is 7.24. The van der Waals surface area contributed by atoms with Crippen molar-refractivity contribution in [3.05, 3.63) is 17.0 Å². The lowest BCUT2D eigenvalue weighted by Gasteiger charge is -2.24. The van der Waals surface area contributed by atoms with Crippen molar-refractivity contribution in [3.8, 4) is 11.5 Å². The monoisotopic (exact) mass is 484 g/mol. The number of esters is 2. The molecule has 0 saturated carbocycles. The van der Waals surface area contributed by atoms with Crippen LogP contribution in [0, 0.1) is 5.92 Å². The summed E-state index contributed by atoms with van der Waals surface area (Å²) in [6.45, 7) is 11.7. The molecular weight excluding hydrogens is 451 g/mol. The zero-order valence-corrected chi connectivity index (χ0v) is 21.1. The molecule has 0 aromatic carbocycles. The first-order valence-electron chi connectivity index (χ1n) is 10.7. The van der Waals surface area contributed by atoms with Crippen LogP contribution in [0.4, 0.5) is 5.13 Å². The summed E-state index contributed by atoms with van der Waals surface area (Å²) in [5.74, 6) is 0.263. The van der Waals surface area contributed by atoms with Crippen LogP contribution in [0.2, 0.25) is 0 Å². The Morgan fingerprint density at radius 2 is 1.66 bits per heavy atom. The Labute approximate surface area is 194 Å². The molecule has 0 aliphatic rings. The number of carbonyl (C=O) groups excluding carboxylic acids is 2. The number of anilines is 1. The van der Waals surface area contributed by atoms with Crippen LogP contribution >= 0.6 is 19.6 Å². The first-order chi connectivity index (χ1) is 15.2. The number of nitrogens with two attached hydrogens (primary N) is 1. The highest BCUT2D eigenvalue weighted by molar-refractivity contribution is 7.61. The highest BCUT2D eigenvalue weighted by Crippen LogP contribution is 2.35. The van der Waals surface area contributed by atoms with Crippen LogP contribution < -0.4 is 21.4 Å². The number of nitrogens with zero attached hydrogens (tertiary/aromatic N) is 1. The van der Waals surface area contributed by atoms with E-state index in [0.29, 0.717) is 22.3 Å². The van der Waals surface area contributed by atoms with Crippen molar-refractivity contribution in [2.45, 2.75) is 60.0 Å². The van der Waals surface area contributed by atoms with Crippen LogP contribution in [0.5, 0.6) is 0 Å². The Bertz CT molecular complexity index is 875. The molecule has 9 nitrogen and oxygen atoms in total. The molecule has 2 atom stereocenters. The van der Waals surface area contributed by atoms with Gasteiger partial charge in [-0.1, -0.05) is 13.8 Å². The minimum atomic E-state index is -1.43. The minimum Gasteiger partial charge on any atom is -0.465 e. The van der Waals surface area contributed by atoms with Gasteiger partial charge in [0.15, 0.2) is 16.4 Å². The summed E-state index contributed by atoms with van der Waals surface area (Å²) in [5, 5.41) is 6.88. The van der Waals surface area contributed by atoms with Gasteiger partial charge in [-0.25, -0.2) is 4.98 Å². The van der Waals surface area contributed by atoms with Crippen molar-refractivity contribution in [1.82, 2.24) is 15.2 Å². The maximum atomic E-state index is 12.2. The molecule has 2 unspecified atom stereocenters. The van der Waals surface area contributed by atoms with Crippen molar-refractivity contribution in [1.29, 1.82) is 0 Å². The largest absolute Gasteiger partial charge is 0.465 e. The normalized spacial score (nSPS) is 14.2. The van der Waals surface area contributed by atoms with Gasteiger partial charge in [0.1, 0.15) is 26.0 Å². The fraction of sp³-hybridized carbons (Fsp3) is 0.571. The Morgan fingerprint density at radius 1 is 1.09 bits per heavy atom. The van der Waals surface area contributed by atoms with E-state index in [9.17, 15) is 9.59 Å². The predicted molar refractivity (Wildman–Crippen MR) is 128 cm³/mol. The first kappa shape index (κ1) is 26.3. The van der Waals surface area contributed by atoms with Gasteiger partial charge < -0.3 is 19.6 Å². The number of aromatic nitrogens is 1. The number of furan rings is 1. The molecule has 11 heteroatoms. The van der Waals surface area contributed by atoms with Crippen LogP contribution in [-0.4, -0.2) is 42.2 Å². The number of ether oxygens (including phenoxy) is 2. The number of nitrogens with one attached hydrogen (secondary N) is 2. The van der Waals surface area contributed by atoms with Gasteiger partial charge in [0.25, 0.3) is 0 Å². The van der Waals surface area contributed by atoms with Crippen LogP contribution in [-0.2, 0) is 25.5 Å². The maximum Gasteiger partial charge on any atom is 0.323 e. The van der Waals surface area contributed by atoms with Gasteiger partial charge in [-0.05, 0) is 52.2 Å². The van der Waals surface area contributed by atoms with E-state index >= 15 is 0 Å². The van der Waals surface area contributed by atoms with Gasteiger partial charge in [-0.2, -0.15) is 0 Å². The minimum absolute atomic E-state index is 0.282. The fourth-order valence-corrected chi connectivity index (χ4v) is 5.62. The van der Waals surface area contributed by atoms with Crippen molar-refractivity contribution < 1.29 is 23.5 Å². The molecule has 0 bridgehead atoms. The molecule has 32 heavy (non-hydrogen) atoms. The van der Waals surface area contributed by atoms with Gasteiger partial charge in [-0.15, -0.1) is 11.3 Å². The Kier molecular flexibility index (Phi) is 10.1. The third-order valence-corrected chi connectivity index (χ3v) is 7.16. The zero-order chi connectivity index (χ0) is 23.8. The van der Waals surface area contributed by atoms with E-state index < -0.39 is 20.3 Å². The number of rotatable bonds is 12. The fourth-order valence-electron chi connectivity index (χ4n) is 2.84. The maximum absolute atomic E-state index is 12.2. The van der Waals surface area contributed by atoms with Gasteiger partial charge in [-0.3, -0.25) is 19.8 Å². The lowest BCUT2D eigenvalue weighted by atomic mass is 10.1. The number of thiazole rings is 1. The smallest absolute Gasteiger partial charge is 0.323 e. The second-order valence-electron chi connectivity index (χ2n) is 7.60. The molecule has 0 spiro atoms. The number of nitrogen functional groups attached to an aromatic ring is 1. The van der Waals surface area contributed by atoms with E-state index in [0.717, 1.165) is 17.0 Å². The molecule has 0 fully saturated rings. The van der Waals surface area contributed by atoms with E-state index in [1.807, 2.05) is 12.1 Å². The zero-order valence-electron chi connectivity index (χ0n) is 19.4. The first-order valence-corrected chi connectivity index (χ1v) is 12.8. The Balaban J connectivity index is 2.30. The van der Waals surface area contributed by atoms with E-state index in [1.165, 1.54) is 11.3 Å². The van der Waals surface area contributed by atoms with Gasteiger partial charge in [0.05, 0.1) is 13.2 Å². The second-order valence-corrected chi connectivity index (χ2v) is 10.3. The van der Waals surface area contributed by atoms with Gasteiger partial charge in [0, 0.05) is 4.88 Å². The molecule has 0 saturated heterocycles. The van der Waals surface area contributed by atoms with E-state index in [-0.39, 0.29) is 25.2 Å². The van der Waals surface area contributed by atoms with E-state index in [1.54, 1.807) is 27.7 Å². The average Bonchev–Trinajstić information content (AvgIpc) is 3.33. The Morgan fingerprint density at radius 3 is 2.16 bits per heavy atom. The molecule has 0 amide bonds. The average molecular weight is 485 g/mol. The van der Waals surface area contributed by atoms with Crippen molar-refractivity contribution in [2.75, 3.05) is 18.9 Å². The van der Waals surface area contributed by atoms with Crippen molar-refractivity contribution in [3.63, 3.8) is 0 Å². The molecule has 2 rings (SSSR count). The summed E-state index contributed by atoms with van der Waals surface area (Å²) in [4.78, 5) is 29.8. The quantitative estimate of drug-likeness (QED) is 0.307. The number of carbonyl (C=O) groups is 2. The third-order valence-electron chi connectivity index (χ3n) is 4.28. The lowest BCUT2D eigenvalue weighted by Crippen LogP contribution is -2.42. The molecule has 0 aliphatic carbocycles. The SMILES string of the molecule is CCOC(=O)C(C)NP(NC(C)C(=O)OCC)c1ccc(-c2nc(N)sc2CC(C)C)o1. The van der Waals surface area contributed by atoms with Crippen molar-refractivity contribution in [2.24, 2.45) is 5.92 Å². The molecule has 4 N–H and O–H groups in total. The molecular formula is C21H33N4O5PS. The Hall–Kier alpha value is -2.00. The molecule has 2 aromatic heterocycles. The number of hydrogen-bond acceptors (Lipinski definition) is 10. The van der Waals surface area contributed by atoms with Crippen LogP contribution in [0.3, 0.4) is 0 Å². The van der Waals surface area contributed by atoms with E-state index in [4.69, 9.17) is 19.6 Å². The highest BCUT2D eigenvalue weighted by Gasteiger charge is 2.27. The second kappa shape index (κ2) is 12.3. The molecule has 178 valence electrons. The predicted octanol–water partition coefficient (Wildman–Crippen LogP) is 3.20. The summed E-state index contributed by atoms with van der Waals surface area (Å²) in [6, 6.07) is 2.42. The van der Waals surface area contributed by atoms with Crippen LogP contribution in [0.15, 0.2) is 16.5 Å². The molecule has 0 radical (unpaired) electrons. The molecule has 2 heterocycles. The van der Waals surface area contributed by atoms with Crippen molar-refractivity contribution >= 4 is 42.1 Å². The van der Waals surface area contributed by atoms with Gasteiger partial charge in [0.2, 0.25) is 0 Å². The standard InChI is InChI=1S/C21H33N4O5PS/c1-7-28-19(26)13(5)24-31(25-14(6)20(27)29-8-2)17-10-9-15(30-17)18-16(11-12(3)4)32-21(22)23-18/h9-10,12-14,24-25H,7-8,11H2,1-6H3,(H2,22,23). The molecule has 2 aromatic rings. The van der Waals surface area contributed by atoms with E-state index in [2.05, 4.69) is 29.0 Å². The summed E-state index contributed by atoms with van der Waals surface area (Å²) >= 11 is 1.45. The summed E-state index contributed by atoms with van der Waals surface area (Å²) in [6.07, 6.45) is 0.839. The van der Waals surface area contributed by atoms with Crippen LogP contribution in [0.1, 0.15) is 46.4 Å². The lowest BCUT2D eigenvalue weighted by molar-refractivity contribution is -0.145. The number of hydrogen-bond donors (Lipinski definition) is 3. The highest BCUT2D eigenvalue weighted by atomic mass is 32.1.